The molecule has 1 fully saturated rings. The fourth-order valence-electron chi connectivity index (χ4n) is 3.44. The quantitative estimate of drug-likeness (QED) is 0.633. The van der Waals surface area contributed by atoms with Crippen molar-refractivity contribution in [1.82, 2.24) is 25.0 Å². The zero-order chi connectivity index (χ0) is 19.6. The molecule has 0 aliphatic heterocycles. The van der Waals surface area contributed by atoms with E-state index in [0.717, 1.165) is 19.3 Å². The molecule has 0 spiro atoms. The van der Waals surface area contributed by atoms with Gasteiger partial charge in [0, 0.05) is 37.5 Å². The van der Waals surface area contributed by atoms with E-state index in [1.165, 1.54) is 11.0 Å². The van der Waals surface area contributed by atoms with E-state index in [2.05, 4.69) is 25.6 Å². The van der Waals surface area contributed by atoms with E-state index >= 15 is 0 Å². The van der Waals surface area contributed by atoms with Crippen LogP contribution in [-0.4, -0.2) is 37.9 Å². The molecule has 1 aliphatic rings. The number of anilines is 3. The van der Waals surface area contributed by atoms with E-state index in [4.69, 9.17) is 0 Å². The van der Waals surface area contributed by atoms with Gasteiger partial charge in [-0.2, -0.15) is 5.10 Å². The number of hydrogen-bond donors (Lipinski definition) is 1. The summed E-state index contributed by atoms with van der Waals surface area (Å²) in [5, 5.41) is 15.7. The molecule has 144 valence electrons. The third kappa shape index (κ3) is 3.30. The minimum absolute atomic E-state index is 0.276. The highest BCUT2D eigenvalue weighted by Crippen LogP contribution is 2.43. The normalized spacial score (nSPS) is 14.9. The van der Waals surface area contributed by atoms with Crippen LogP contribution in [0.3, 0.4) is 0 Å². The van der Waals surface area contributed by atoms with Crippen molar-refractivity contribution in [3.8, 4) is 0 Å². The summed E-state index contributed by atoms with van der Waals surface area (Å²) in [6, 6.07) is 8.19. The average molecular weight is 381 g/mol. The Balaban J connectivity index is 1.47. The molecule has 4 rings (SSSR count). The Morgan fingerprint density at radius 1 is 1.25 bits per heavy atom. The highest BCUT2D eigenvalue weighted by Gasteiger charge is 2.41. The lowest BCUT2D eigenvalue weighted by atomic mass is 9.66. The average Bonchev–Trinajstić information content (AvgIpc) is 3.10. The lowest BCUT2D eigenvalue weighted by molar-refractivity contribution is -0.106. The summed E-state index contributed by atoms with van der Waals surface area (Å²) in [6.07, 6.45) is 6.80. The smallest absolute Gasteiger partial charge is 0.221 e. The molecule has 3 heterocycles. The molecule has 3 aromatic heterocycles. The second-order valence-corrected chi connectivity index (χ2v) is 6.92. The zero-order valence-electron chi connectivity index (χ0n) is 15.4. The molecule has 1 N–H and O–H groups in total. The van der Waals surface area contributed by atoms with E-state index in [-0.39, 0.29) is 11.2 Å². The molecule has 0 unspecified atom stereocenters. The first-order chi connectivity index (χ1) is 13.6. The van der Waals surface area contributed by atoms with Gasteiger partial charge in [-0.15, -0.1) is 10.2 Å². The first kappa shape index (κ1) is 18.0. The molecule has 0 bridgehead atoms. The van der Waals surface area contributed by atoms with Crippen molar-refractivity contribution in [1.29, 1.82) is 0 Å². The molecule has 0 saturated heterocycles. The predicted molar refractivity (Wildman–Crippen MR) is 102 cm³/mol. The number of hydrogen-bond acceptors (Lipinski definition) is 6. The summed E-state index contributed by atoms with van der Waals surface area (Å²) in [4.78, 5) is 17.0. The van der Waals surface area contributed by atoms with Gasteiger partial charge in [-0.25, -0.2) is 9.29 Å². The number of aromatic nitrogens is 5. The van der Waals surface area contributed by atoms with Gasteiger partial charge in [-0.05, 0) is 37.1 Å². The van der Waals surface area contributed by atoms with Gasteiger partial charge in [0.25, 0.3) is 0 Å². The van der Waals surface area contributed by atoms with Crippen LogP contribution in [0.15, 0.2) is 42.7 Å². The van der Waals surface area contributed by atoms with Crippen LogP contribution in [0.25, 0.3) is 0 Å². The Hall–Kier alpha value is -3.36. The van der Waals surface area contributed by atoms with Gasteiger partial charge >= 0.3 is 0 Å². The maximum absolute atomic E-state index is 14.2. The summed E-state index contributed by atoms with van der Waals surface area (Å²) in [6.45, 7) is 0.520. The topological polar surface area (TPSA) is 88.8 Å². The minimum Gasteiger partial charge on any atom is -0.368 e. The molecule has 1 amide bonds. The van der Waals surface area contributed by atoms with E-state index in [0.29, 0.717) is 36.1 Å². The van der Waals surface area contributed by atoms with E-state index in [1.807, 2.05) is 0 Å². The molecular formula is C19H20FN7O. The Bertz CT molecular complexity index is 968. The van der Waals surface area contributed by atoms with Gasteiger partial charge in [0.2, 0.25) is 6.41 Å². The monoisotopic (exact) mass is 381 g/mol. The first-order valence-electron chi connectivity index (χ1n) is 9.04. The molecule has 28 heavy (non-hydrogen) atoms. The van der Waals surface area contributed by atoms with Crippen LogP contribution in [0.2, 0.25) is 0 Å². The Morgan fingerprint density at radius 2 is 2.11 bits per heavy atom. The largest absolute Gasteiger partial charge is 0.368 e. The fraction of sp³-hybridized carbons (Fsp3) is 0.316. The summed E-state index contributed by atoms with van der Waals surface area (Å²) >= 11 is 0. The van der Waals surface area contributed by atoms with Gasteiger partial charge in [0.1, 0.15) is 11.6 Å². The van der Waals surface area contributed by atoms with Crippen LogP contribution in [0.4, 0.5) is 21.8 Å². The second-order valence-electron chi connectivity index (χ2n) is 6.92. The summed E-state index contributed by atoms with van der Waals surface area (Å²) < 4.78 is 15.8. The Morgan fingerprint density at radius 3 is 2.68 bits per heavy atom. The first-order valence-corrected chi connectivity index (χ1v) is 9.04. The highest BCUT2D eigenvalue weighted by atomic mass is 19.1. The van der Waals surface area contributed by atoms with Gasteiger partial charge in [0.05, 0.1) is 5.69 Å². The SMILES string of the molecule is Cn1ccc(N(C=O)c2ccc(NCC3(c4ncccc4F)CCC3)nn2)n1. The number of carbonyl (C=O) groups is 1. The third-order valence-electron chi connectivity index (χ3n) is 5.13. The molecule has 1 saturated carbocycles. The summed E-state index contributed by atoms with van der Waals surface area (Å²) in [5.41, 5.74) is 0.176. The standard InChI is InChI=1S/C19H20FN7O/c1-26-11-7-17(25-26)27(13-28)16-6-5-15(23-24-16)22-12-19(8-3-9-19)18-14(20)4-2-10-21-18/h2,4-7,10-11,13H,3,8-9,12H2,1H3,(H,22,23). The van der Waals surface area contributed by atoms with Crippen molar-refractivity contribution >= 4 is 23.9 Å². The number of rotatable bonds is 7. The maximum Gasteiger partial charge on any atom is 0.221 e. The van der Waals surface area contributed by atoms with E-state index < -0.39 is 0 Å². The molecule has 0 aromatic carbocycles. The number of carbonyl (C=O) groups excluding carboxylic acids is 1. The molecule has 9 heteroatoms. The van der Waals surface area contributed by atoms with Crippen LogP contribution < -0.4 is 10.2 Å². The van der Waals surface area contributed by atoms with Crippen molar-refractivity contribution in [3.63, 3.8) is 0 Å². The predicted octanol–water partition coefficient (Wildman–Crippen LogP) is 2.57. The number of nitrogens with zero attached hydrogens (tertiary/aromatic N) is 6. The van der Waals surface area contributed by atoms with Crippen molar-refractivity contribution in [3.05, 3.63) is 54.2 Å². The lowest BCUT2D eigenvalue weighted by Gasteiger charge is -2.41. The van der Waals surface area contributed by atoms with Crippen molar-refractivity contribution in [2.24, 2.45) is 7.05 Å². The van der Waals surface area contributed by atoms with Crippen LogP contribution in [0.1, 0.15) is 25.0 Å². The molecule has 1 aliphatic carbocycles. The van der Waals surface area contributed by atoms with Gasteiger partial charge in [-0.3, -0.25) is 14.5 Å². The van der Waals surface area contributed by atoms with E-state index in [1.54, 1.807) is 48.4 Å². The van der Waals surface area contributed by atoms with Gasteiger partial charge in [-0.1, -0.05) is 6.42 Å². The molecular weight excluding hydrogens is 361 g/mol. The third-order valence-corrected chi connectivity index (χ3v) is 5.13. The van der Waals surface area contributed by atoms with Crippen LogP contribution in [-0.2, 0) is 17.3 Å². The summed E-state index contributed by atoms with van der Waals surface area (Å²) in [5.74, 6) is 1.11. The number of halogens is 1. The number of pyridine rings is 1. The number of aryl methyl sites for hydroxylation is 1. The van der Waals surface area contributed by atoms with Crippen molar-refractivity contribution < 1.29 is 9.18 Å². The van der Waals surface area contributed by atoms with Crippen molar-refractivity contribution in [2.45, 2.75) is 24.7 Å². The molecule has 0 radical (unpaired) electrons. The lowest BCUT2D eigenvalue weighted by Crippen LogP contribution is -2.42. The summed E-state index contributed by atoms with van der Waals surface area (Å²) in [7, 11) is 1.77. The van der Waals surface area contributed by atoms with Gasteiger partial charge in [0.15, 0.2) is 11.6 Å². The molecule has 8 nitrogen and oxygen atoms in total. The second kappa shape index (κ2) is 7.34. The fourth-order valence-corrected chi connectivity index (χ4v) is 3.44. The number of nitrogens with one attached hydrogen (secondary N) is 1. The van der Waals surface area contributed by atoms with Gasteiger partial charge < -0.3 is 5.32 Å². The van der Waals surface area contributed by atoms with Crippen LogP contribution in [0.5, 0.6) is 0 Å². The Labute approximate surface area is 161 Å². The van der Waals surface area contributed by atoms with E-state index in [9.17, 15) is 9.18 Å². The van der Waals surface area contributed by atoms with Crippen LogP contribution >= 0.6 is 0 Å². The molecule has 0 atom stereocenters. The zero-order valence-corrected chi connectivity index (χ0v) is 15.4. The molecule has 3 aromatic rings. The maximum atomic E-state index is 14.2. The minimum atomic E-state index is -0.325. The Kier molecular flexibility index (Phi) is 4.72. The van der Waals surface area contributed by atoms with Crippen LogP contribution in [0, 0.1) is 5.82 Å². The number of amides is 1. The van der Waals surface area contributed by atoms with Crippen molar-refractivity contribution in [2.75, 3.05) is 16.8 Å². The highest BCUT2D eigenvalue weighted by molar-refractivity contribution is 5.82.